The van der Waals surface area contributed by atoms with Crippen molar-refractivity contribution in [3.8, 4) is 0 Å². The second-order valence-electron chi connectivity index (χ2n) is 5.03. The van der Waals surface area contributed by atoms with E-state index in [0.717, 1.165) is 18.9 Å². The van der Waals surface area contributed by atoms with Crippen LogP contribution >= 0.6 is 0 Å². The Labute approximate surface area is 129 Å². The van der Waals surface area contributed by atoms with Gasteiger partial charge in [0.05, 0.1) is 17.4 Å². The maximum absolute atomic E-state index is 12.5. The van der Waals surface area contributed by atoms with Gasteiger partial charge in [0.1, 0.15) is 4.90 Å². The number of sulfonamides is 1. The summed E-state index contributed by atoms with van der Waals surface area (Å²) in [5.41, 5.74) is 0.312. The van der Waals surface area contributed by atoms with Crippen LogP contribution in [0.1, 0.15) is 30.1 Å². The minimum absolute atomic E-state index is 0.0627. The van der Waals surface area contributed by atoms with Crippen LogP contribution in [0.15, 0.2) is 23.1 Å². The number of carbonyl (C=O) groups is 1. The van der Waals surface area contributed by atoms with Crippen molar-refractivity contribution in [2.24, 2.45) is 0 Å². The first-order chi connectivity index (χ1) is 10.4. The molecule has 0 amide bonds. The van der Waals surface area contributed by atoms with Crippen LogP contribution in [0.2, 0.25) is 0 Å². The minimum Gasteiger partial charge on any atom is -0.478 e. The van der Waals surface area contributed by atoms with Crippen molar-refractivity contribution in [3.63, 3.8) is 0 Å². The van der Waals surface area contributed by atoms with E-state index in [4.69, 9.17) is 9.84 Å². The number of rotatable bonds is 7. The van der Waals surface area contributed by atoms with Gasteiger partial charge in [0.25, 0.3) is 0 Å². The van der Waals surface area contributed by atoms with Crippen LogP contribution in [0.5, 0.6) is 0 Å². The number of hydrogen-bond donors (Lipinski definition) is 3. The average molecular weight is 328 g/mol. The molecule has 7 nitrogen and oxygen atoms in total. The molecule has 1 fully saturated rings. The second kappa shape index (κ2) is 7.08. The van der Waals surface area contributed by atoms with Crippen molar-refractivity contribution in [1.29, 1.82) is 0 Å². The maximum atomic E-state index is 12.5. The number of carboxylic acids is 1. The molecule has 1 aliphatic rings. The fourth-order valence-corrected chi connectivity index (χ4v) is 3.57. The Morgan fingerprint density at radius 2 is 2.23 bits per heavy atom. The van der Waals surface area contributed by atoms with Crippen LogP contribution in [0.4, 0.5) is 5.69 Å². The zero-order valence-electron chi connectivity index (χ0n) is 12.3. The van der Waals surface area contributed by atoms with Crippen LogP contribution in [0, 0.1) is 0 Å². The molecule has 0 aromatic heterocycles. The summed E-state index contributed by atoms with van der Waals surface area (Å²) in [5, 5.41) is 12.0. The quantitative estimate of drug-likeness (QED) is 0.696. The predicted octanol–water partition coefficient (Wildman–Crippen LogP) is 1.27. The first kappa shape index (κ1) is 16.7. The maximum Gasteiger partial charge on any atom is 0.335 e. The summed E-state index contributed by atoms with van der Waals surface area (Å²) in [6.07, 6.45) is 1.61. The molecule has 0 unspecified atom stereocenters. The highest BCUT2D eigenvalue weighted by Gasteiger charge is 2.23. The first-order valence-electron chi connectivity index (χ1n) is 7.16. The van der Waals surface area contributed by atoms with E-state index in [1.165, 1.54) is 12.1 Å². The van der Waals surface area contributed by atoms with Gasteiger partial charge in [-0.25, -0.2) is 17.9 Å². The number of anilines is 1. The molecule has 0 bridgehead atoms. The van der Waals surface area contributed by atoms with Crippen LogP contribution in [0.25, 0.3) is 0 Å². The molecule has 1 heterocycles. The largest absolute Gasteiger partial charge is 0.478 e. The van der Waals surface area contributed by atoms with E-state index in [-0.39, 0.29) is 23.1 Å². The lowest BCUT2D eigenvalue weighted by molar-refractivity contribution is 0.0696. The Morgan fingerprint density at radius 3 is 2.82 bits per heavy atom. The molecular weight excluding hydrogens is 308 g/mol. The molecule has 22 heavy (non-hydrogen) atoms. The Hall–Kier alpha value is -1.64. The molecular formula is C14H20N2O5S. The molecule has 2 rings (SSSR count). The lowest BCUT2D eigenvalue weighted by Gasteiger charge is -2.15. The third-order valence-corrected chi connectivity index (χ3v) is 4.87. The number of nitrogens with one attached hydrogen (secondary N) is 2. The monoisotopic (exact) mass is 328 g/mol. The fourth-order valence-electron chi connectivity index (χ4n) is 2.30. The number of aromatic carboxylic acids is 1. The molecule has 1 aliphatic heterocycles. The van der Waals surface area contributed by atoms with E-state index >= 15 is 0 Å². The van der Waals surface area contributed by atoms with Crippen molar-refractivity contribution in [2.45, 2.75) is 30.8 Å². The van der Waals surface area contributed by atoms with Gasteiger partial charge in [-0.1, -0.05) is 0 Å². The second-order valence-corrected chi connectivity index (χ2v) is 6.77. The summed E-state index contributed by atoms with van der Waals surface area (Å²) in [6.45, 7) is 3.19. The highest BCUT2D eigenvalue weighted by Crippen LogP contribution is 2.23. The summed E-state index contributed by atoms with van der Waals surface area (Å²) in [5.74, 6) is -1.17. The van der Waals surface area contributed by atoms with Gasteiger partial charge in [0.15, 0.2) is 0 Å². The van der Waals surface area contributed by atoms with E-state index < -0.39 is 16.0 Å². The van der Waals surface area contributed by atoms with Gasteiger partial charge in [0, 0.05) is 19.7 Å². The summed E-state index contributed by atoms with van der Waals surface area (Å²) in [4.78, 5) is 11.0. The van der Waals surface area contributed by atoms with Crippen molar-refractivity contribution in [2.75, 3.05) is 25.0 Å². The van der Waals surface area contributed by atoms with Gasteiger partial charge >= 0.3 is 5.97 Å². The minimum atomic E-state index is -3.81. The molecule has 122 valence electrons. The van der Waals surface area contributed by atoms with Crippen LogP contribution in [-0.4, -0.2) is 45.3 Å². The lowest BCUT2D eigenvalue weighted by atomic mass is 10.2. The highest BCUT2D eigenvalue weighted by atomic mass is 32.2. The Morgan fingerprint density at radius 1 is 1.45 bits per heavy atom. The van der Waals surface area contributed by atoms with Crippen molar-refractivity contribution in [1.82, 2.24) is 4.72 Å². The number of carboxylic acid groups (broad SMARTS) is 1. The highest BCUT2D eigenvalue weighted by molar-refractivity contribution is 7.89. The Kier molecular flexibility index (Phi) is 5.38. The van der Waals surface area contributed by atoms with Gasteiger partial charge in [-0.3, -0.25) is 0 Å². The molecule has 1 atom stereocenters. The van der Waals surface area contributed by atoms with E-state index in [0.29, 0.717) is 18.8 Å². The molecule has 0 aliphatic carbocycles. The van der Waals surface area contributed by atoms with E-state index in [9.17, 15) is 13.2 Å². The average Bonchev–Trinajstić information content (AvgIpc) is 2.99. The van der Waals surface area contributed by atoms with Gasteiger partial charge in [0.2, 0.25) is 10.0 Å². The van der Waals surface area contributed by atoms with Gasteiger partial charge < -0.3 is 15.2 Å². The summed E-state index contributed by atoms with van der Waals surface area (Å²) in [6, 6.07) is 4.01. The summed E-state index contributed by atoms with van der Waals surface area (Å²) in [7, 11) is -3.81. The third kappa shape index (κ3) is 3.96. The summed E-state index contributed by atoms with van der Waals surface area (Å²) < 4.78 is 32.8. The molecule has 8 heteroatoms. The number of ether oxygens (including phenoxy) is 1. The van der Waals surface area contributed by atoms with Crippen molar-refractivity contribution < 1.29 is 23.1 Å². The van der Waals surface area contributed by atoms with E-state index in [1.54, 1.807) is 0 Å². The van der Waals surface area contributed by atoms with Crippen LogP contribution in [0.3, 0.4) is 0 Å². The van der Waals surface area contributed by atoms with Crippen LogP contribution < -0.4 is 10.0 Å². The van der Waals surface area contributed by atoms with Gasteiger partial charge in [-0.15, -0.1) is 0 Å². The number of hydrogen-bond acceptors (Lipinski definition) is 5. The Balaban J connectivity index is 2.25. The summed E-state index contributed by atoms with van der Waals surface area (Å²) >= 11 is 0. The zero-order chi connectivity index (χ0) is 16.2. The fraction of sp³-hybridized carbons (Fsp3) is 0.500. The molecule has 1 saturated heterocycles. The van der Waals surface area contributed by atoms with Crippen molar-refractivity contribution >= 4 is 21.7 Å². The topological polar surface area (TPSA) is 105 Å². The number of benzene rings is 1. The first-order valence-corrected chi connectivity index (χ1v) is 8.65. The molecule has 0 saturated carbocycles. The molecule has 1 aromatic carbocycles. The smallest absolute Gasteiger partial charge is 0.335 e. The van der Waals surface area contributed by atoms with Crippen molar-refractivity contribution in [3.05, 3.63) is 23.8 Å². The predicted molar refractivity (Wildman–Crippen MR) is 81.7 cm³/mol. The van der Waals surface area contributed by atoms with E-state index in [2.05, 4.69) is 10.0 Å². The van der Waals surface area contributed by atoms with Gasteiger partial charge in [-0.05, 0) is 38.0 Å². The van der Waals surface area contributed by atoms with E-state index in [1.807, 2.05) is 6.92 Å². The zero-order valence-corrected chi connectivity index (χ0v) is 13.1. The molecule has 3 N–H and O–H groups in total. The molecule has 0 radical (unpaired) electrons. The molecule has 1 aromatic rings. The normalized spacial score (nSPS) is 18.3. The standard InChI is InChI=1S/C14H20N2O5S/c1-2-15-12-6-5-10(14(17)18)8-13(12)22(19,20)16-9-11-4-3-7-21-11/h5-6,8,11,15-16H,2-4,7,9H2,1H3,(H,17,18)/t11-/m1/s1. The Bertz CT molecular complexity index is 639. The third-order valence-electron chi connectivity index (χ3n) is 3.41. The van der Waals surface area contributed by atoms with Crippen LogP contribution in [-0.2, 0) is 14.8 Å². The lowest BCUT2D eigenvalue weighted by Crippen LogP contribution is -2.32. The SMILES string of the molecule is CCNc1ccc(C(=O)O)cc1S(=O)(=O)NC[C@H]1CCCO1. The molecule has 0 spiro atoms. The van der Waals surface area contributed by atoms with Gasteiger partial charge in [-0.2, -0.15) is 0 Å².